The van der Waals surface area contributed by atoms with Gasteiger partial charge in [0, 0.05) is 20.9 Å². The van der Waals surface area contributed by atoms with E-state index in [1.807, 2.05) is 18.2 Å². The number of nitrogens with one attached hydrogen (secondary N) is 1. The Labute approximate surface area is 129 Å². The maximum absolute atomic E-state index is 12.2. The molecule has 1 N–H and O–H groups in total. The summed E-state index contributed by atoms with van der Waals surface area (Å²) in [4.78, 5) is 12.2. The van der Waals surface area contributed by atoms with E-state index in [4.69, 9.17) is 11.6 Å². The summed E-state index contributed by atoms with van der Waals surface area (Å²) >= 11 is 12.7. The molecule has 1 fully saturated rings. The summed E-state index contributed by atoms with van der Waals surface area (Å²) in [6, 6.07) is 5.80. The molecule has 0 aromatic heterocycles. The Balaban J connectivity index is 2.09. The van der Waals surface area contributed by atoms with Crippen LogP contribution in [0.1, 0.15) is 29.6 Å². The molecule has 1 amide bonds. The minimum absolute atomic E-state index is 0.0369. The Morgan fingerprint density at radius 3 is 2.89 bits per heavy atom. The molecule has 2 atom stereocenters. The van der Waals surface area contributed by atoms with E-state index in [0.717, 1.165) is 28.2 Å². The third-order valence-electron chi connectivity index (χ3n) is 3.35. The predicted octanol–water partition coefficient (Wildman–Crippen LogP) is 4.35. The number of alkyl halides is 1. The van der Waals surface area contributed by atoms with Crippen LogP contribution < -0.4 is 5.32 Å². The van der Waals surface area contributed by atoms with Gasteiger partial charge in [0.1, 0.15) is 0 Å². The van der Waals surface area contributed by atoms with E-state index in [9.17, 15) is 4.79 Å². The Bertz CT molecular complexity index is 453. The molecule has 1 aliphatic carbocycles. The van der Waals surface area contributed by atoms with Crippen molar-refractivity contribution >= 4 is 49.4 Å². The standard InChI is InChI=1S/C13H14Br2ClNO/c14-9-4-5-11(15)10(6-9)13(18)17-12-3-1-2-8(12)7-16/h4-6,8,12H,1-3,7H2,(H,17,18). The second-order valence-corrected chi connectivity index (χ2v) is 6.63. The third-order valence-corrected chi connectivity index (χ3v) is 4.93. The highest BCUT2D eigenvalue weighted by molar-refractivity contribution is 9.11. The van der Waals surface area contributed by atoms with E-state index >= 15 is 0 Å². The lowest BCUT2D eigenvalue weighted by molar-refractivity contribution is 0.0929. The fourth-order valence-electron chi connectivity index (χ4n) is 2.33. The van der Waals surface area contributed by atoms with Gasteiger partial charge in [-0.3, -0.25) is 4.79 Å². The molecule has 0 heterocycles. The molecule has 5 heteroatoms. The van der Waals surface area contributed by atoms with E-state index in [2.05, 4.69) is 37.2 Å². The van der Waals surface area contributed by atoms with Crippen molar-refractivity contribution in [3.63, 3.8) is 0 Å². The van der Waals surface area contributed by atoms with E-state index < -0.39 is 0 Å². The van der Waals surface area contributed by atoms with Crippen molar-refractivity contribution in [2.45, 2.75) is 25.3 Å². The number of amides is 1. The van der Waals surface area contributed by atoms with Gasteiger partial charge >= 0.3 is 0 Å². The first-order valence-electron chi connectivity index (χ1n) is 5.93. The minimum atomic E-state index is -0.0369. The zero-order chi connectivity index (χ0) is 13.1. The summed E-state index contributed by atoms with van der Waals surface area (Å²) < 4.78 is 1.71. The number of hydrogen-bond donors (Lipinski definition) is 1. The molecular weight excluding hydrogens is 381 g/mol. The Hall–Kier alpha value is -0.0600. The predicted molar refractivity (Wildman–Crippen MR) is 81.2 cm³/mol. The molecule has 1 aliphatic rings. The third kappa shape index (κ3) is 3.28. The zero-order valence-electron chi connectivity index (χ0n) is 9.76. The molecule has 0 bridgehead atoms. The molecule has 2 nitrogen and oxygen atoms in total. The van der Waals surface area contributed by atoms with Gasteiger partial charge in [-0.1, -0.05) is 22.4 Å². The zero-order valence-corrected chi connectivity index (χ0v) is 13.7. The lowest BCUT2D eigenvalue weighted by Gasteiger charge is -2.19. The number of carbonyl (C=O) groups excluding carboxylic acids is 1. The number of benzene rings is 1. The van der Waals surface area contributed by atoms with Crippen molar-refractivity contribution in [2.24, 2.45) is 5.92 Å². The van der Waals surface area contributed by atoms with Crippen molar-refractivity contribution < 1.29 is 4.79 Å². The maximum Gasteiger partial charge on any atom is 0.252 e. The van der Waals surface area contributed by atoms with Gasteiger partial charge in [-0.2, -0.15) is 0 Å². The molecule has 98 valence electrons. The van der Waals surface area contributed by atoms with Gasteiger partial charge in [0.25, 0.3) is 5.91 Å². The van der Waals surface area contributed by atoms with Crippen molar-refractivity contribution in [3.8, 4) is 0 Å². The average Bonchev–Trinajstić information content (AvgIpc) is 2.79. The first-order chi connectivity index (χ1) is 8.61. The first-order valence-corrected chi connectivity index (χ1v) is 8.05. The quantitative estimate of drug-likeness (QED) is 0.758. The highest BCUT2D eigenvalue weighted by Gasteiger charge is 2.28. The lowest BCUT2D eigenvalue weighted by Crippen LogP contribution is -2.38. The van der Waals surface area contributed by atoms with Gasteiger partial charge in [0.15, 0.2) is 0 Å². The first kappa shape index (κ1) is 14.4. The van der Waals surface area contributed by atoms with Gasteiger partial charge in [-0.25, -0.2) is 0 Å². The van der Waals surface area contributed by atoms with Crippen LogP contribution in [0.4, 0.5) is 0 Å². The molecule has 1 aromatic carbocycles. The van der Waals surface area contributed by atoms with Gasteiger partial charge in [-0.15, -0.1) is 11.6 Å². The molecule has 0 aliphatic heterocycles. The lowest BCUT2D eigenvalue weighted by atomic mass is 10.1. The highest BCUT2D eigenvalue weighted by Crippen LogP contribution is 2.28. The van der Waals surface area contributed by atoms with E-state index in [1.165, 1.54) is 0 Å². The van der Waals surface area contributed by atoms with Crippen molar-refractivity contribution in [1.29, 1.82) is 0 Å². The molecular formula is C13H14Br2ClNO. The second-order valence-electron chi connectivity index (χ2n) is 4.55. The van der Waals surface area contributed by atoms with Crippen LogP contribution in [0.3, 0.4) is 0 Å². The van der Waals surface area contributed by atoms with Gasteiger partial charge in [0.05, 0.1) is 5.56 Å². The number of rotatable bonds is 3. The second kappa shape index (κ2) is 6.40. The van der Waals surface area contributed by atoms with Crippen LogP contribution in [-0.2, 0) is 0 Å². The average molecular weight is 396 g/mol. The van der Waals surface area contributed by atoms with Crippen molar-refractivity contribution in [2.75, 3.05) is 5.88 Å². The molecule has 2 rings (SSSR count). The smallest absolute Gasteiger partial charge is 0.252 e. The van der Waals surface area contributed by atoms with Gasteiger partial charge in [-0.05, 0) is 52.9 Å². The van der Waals surface area contributed by atoms with E-state index in [1.54, 1.807) is 0 Å². The van der Waals surface area contributed by atoms with E-state index in [0.29, 0.717) is 17.4 Å². The fraction of sp³-hybridized carbons (Fsp3) is 0.462. The normalized spacial score (nSPS) is 23.1. The number of halogens is 3. The van der Waals surface area contributed by atoms with Crippen LogP contribution in [0.25, 0.3) is 0 Å². The van der Waals surface area contributed by atoms with Crippen molar-refractivity contribution in [3.05, 3.63) is 32.7 Å². The van der Waals surface area contributed by atoms with Crippen molar-refractivity contribution in [1.82, 2.24) is 5.32 Å². The molecule has 2 unspecified atom stereocenters. The van der Waals surface area contributed by atoms with Crippen LogP contribution in [0.5, 0.6) is 0 Å². The van der Waals surface area contributed by atoms with E-state index in [-0.39, 0.29) is 11.9 Å². The molecule has 18 heavy (non-hydrogen) atoms. The molecule has 0 radical (unpaired) electrons. The Morgan fingerprint density at radius 1 is 1.39 bits per heavy atom. The molecule has 0 spiro atoms. The summed E-state index contributed by atoms with van der Waals surface area (Å²) in [6.45, 7) is 0. The largest absolute Gasteiger partial charge is 0.349 e. The number of carbonyl (C=O) groups is 1. The maximum atomic E-state index is 12.2. The molecule has 1 saturated carbocycles. The molecule has 0 saturated heterocycles. The summed E-state index contributed by atoms with van der Waals surface area (Å²) in [6.07, 6.45) is 3.27. The summed E-state index contributed by atoms with van der Waals surface area (Å²) in [5, 5.41) is 3.09. The summed E-state index contributed by atoms with van der Waals surface area (Å²) in [5.41, 5.74) is 0.657. The van der Waals surface area contributed by atoms with Crippen LogP contribution in [0.2, 0.25) is 0 Å². The van der Waals surface area contributed by atoms with Gasteiger partial charge in [0.2, 0.25) is 0 Å². The fourth-order valence-corrected chi connectivity index (χ4v) is 3.49. The Morgan fingerprint density at radius 2 is 2.17 bits per heavy atom. The monoisotopic (exact) mass is 393 g/mol. The van der Waals surface area contributed by atoms with Gasteiger partial charge < -0.3 is 5.32 Å². The van der Waals surface area contributed by atoms with Crippen LogP contribution >= 0.6 is 43.5 Å². The van der Waals surface area contributed by atoms with Crippen LogP contribution in [0, 0.1) is 5.92 Å². The summed E-state index contributed by atoms with van der Waals surface area (Å²) in [7, 11) is 0. The Kier molecular flexibility index (Phi) is 5.10. The topological polar surface area (TPSA) is 29.1 Å². The highest BCUT2D eigenvalue weighted by atomic mass is 79.9. The van der Waals surface area contributed by atoms with Crippen LogP contribution in [0.15, 0.2) is 27.1 Å². The number of hydrogen-bond acceptors (Lipinski definition) is 1. The SMILES string of the molecule is O=C(NC1CCCC1CCl)c1cc(Br)ccc1Br. The summed E-state index contributed by atoms with van der Waals surface area (Å²) in [5.74, 6) is 0.983. The minimum Gasteiger partial charge on any atom is -0.349 e. The molecule has 1 aromatic rings. The van der Waals surface area contributed by atoms with Crippen LogP contribution in [-0.4, -0.2) is 17.8 Å².